The molecule has 0 atom stereocenters. The van der Waals surface area contributed by atoms with Crippen LogP contribution in [0.25, 0.3) is 0 Å². The van der Waals surface area contributed by atoms with Gasteiger partial charge in [0.05, 0.1) is 19.6 Å². The molecule has 0 aromatic carbocycles. The number of aryl methyl sites for hydroxylation is 1. The molecule has 1 aromatic rings. The monoisotopic (exact) mass is 452 g/mol. The number of hydrogen-bond donors (Lipinski definition) is 1. The number of ether oxygens (including phenoxy) is 1. The van der Waals surface area contributed by atoms with Crippen LogP contribution in [0.2, 0.25) is 0 Å². The van der Waals surface area contributed by atoms with E-state index in [1.165, 1.54) is 12.0 Å². The molecule has 0 spiro atoms. The Hall–Kier alpha value is -0.900. The Morgan fingerprint density at radius 2 is 2.22 bits per heavy atom. The highest BCUT2D eigenvalue weighted by molar-refractivity contribution is 14.0. The molecule has 0 aliphatic carbocycles. The third kappa shape index (κ3) is 5.59. The topological polar surface area (TPSA) is 66.8 Å². The number of halogens is 1. The first kappa shape index (κ1) is 20.1. The maximum absolute atomic E-state index is 11.6. The molecule has 0 unspecified atom stereocenters. The Balaban J connectivity index is 0.00000264. The summed E-state index contributed by atoms with van der Waals surface area (Å²) in [7, 11) is 3.24. The summed E-state index contributed by atoms with van der Waals surface area (Å²) in [5, 5.41) is 4.43. The van der Waals surface area contributed by atoms with E-state index in [0.29, 0.717) is 6.54 Å². The molecule has 1 fully saturated rings. The smallest absolute Gasteiger partial charge is 0.308 e. The molecule has 130 valence electrons. The number of methoxy groups -OCH3 is 1. The second kappa shape index (κ2) is 10.1. The lowest BCUT2D eigenvalue weighted by molar-refractivity contribution is -0.146. The number of hydrogen-bond acceptors (Lipinski definition) is 5. The second-order valence-electron chi connectivity index (χ2n) is 5.26. The van der Waals surface area contributed by atoms with Gasteiger partial charge in [0, 0.05) is 31.2 Å². The number of piperidine rings is 1. The van der Waals surface area contributed by atoms with E-state index < -0.39 is 0 Å². The van der Waals surface area contributed by atoms with Gasteiger partial charge in [-0.3, -0.25) is 9.79 Å². The first-order valence-electron chi connectivity index (χ1n) is 7.65. The minimum Gasteiger partial charge on any atom is -0.469 e. The first-order valence-corrected chi connectivity index (χ1v) is 8.46. The van der Waals surface area contributed by atoms with Crippen molar-refractivity contribution in [1.29, 1.82) is 0 Å². The van der Waals surface area contributed by atoms with Crippen LogP contribution in [0.5, 0.6) is 0 Å². The van der Waals surface area contributed by atoms with Crippen molar-refractivity contribution in [2.24, 2.45) is 10.9 Å². The maximum atomic E-state index is 11.6. The van der Waals surface area contributed by atoms with Crippen LogP contribution in [0.3, 0.4) is 0 Å². The highest BCUT2D eigenvalue weighted by atomic mass is 127. The van der Waals surface area contributed by atoms with E-state index >= 15 is 0 Å². The van der Waals surface area contributed by atoms with Crippen molar-refractivity contribution in [2.45, 2.75) is 32.7 Å². The van der Waals surface area contributed by atoms with Crippen LogP contribution in [-0.4, -0.2) is 49.1 Å². The van der Waals surface area contributed by atoms with Crippen LogP contribution >= 0.6 is 35.3 Å². The molecule has 1 aromatic heterocycles. The molecular formula is C15H25IN4O2S. The fourth-order valence-corrected chi connectivity index (χ4v) is 3.38. The molecule has 8 heteroatoms. The lowest BCUT2D eigenvalue weighted by Crippen LogP contribution is -2.46. The van der Waals surface area contributed by atoms with Crippen LogP contribution in [0.1, 0.15) is 29.7 Å². The Labute approximate surface area is 158 Å². The second-order valence-corrected chi connectivity index (χ2v) is 6.46. The number of nitrogens with one attached hydrogen (secondary N) is 1. The van der Waals surface area contributed by atoms with Gasteiger partial charge in [-0.2, -0.15) is 0 Å². The number of likely N-dealkylation sites (tertiary alicyclic amines) is 1. The average Bonchev–Trinajstić information content (AvgIpc) is 3.03. The molecule has 1 aliphatic heterocycles. The molecule has 0 saturated carbocycles. The number of esters is 1. The van der Waals surface area contributed by atoms with Gasteiger partial charge in [-0.25, -0.2) is 4.98 Å². The van der Waals surface area contributed by atoms with E-state index in [1.807, 2.05) is 6.20 Å². The summed E-state index contributed by atoms with van der Waals surface area (Å²) < 4.78 is 4.82. The van der Waals surface area contributed by atoms with Crippen molar-refractivity contribution < 1.29 is 9.53 Å². The Morgan fingerprint density at radius 1 is 1.52 bits per heavy atom. The predicted molar refractivity (Wildman–Crippen MR) is 103 cm³/mol. The van der Waals surface area contributed by atoms with Crippen molar-refractivity contribution in [3.8, 4) is 0 Å². The van der Waals surface area contributed by atoms with Gasteiger partial charge in [0.2, 0.25) is 0 Å². The fourth-order valence-electron chi connectivity index (χ4n) is 2.57. The molecule has 1 saturated heterocycles. The minimum atomic E-state index is -0.0996. The van der Waals surface area contributed by atoms with Gasteiger partial charge in [0.1, 0.15) is 5.01 Å². The van der Waals surface area contributed by atoms with Gasteiger partial charge < -0.3 is 15.0 Å². The highest BCUT2D eigenvalue weighted by Crippen LogP contribution is 2.19. The molecule has 23 heavy (non-hydrogen) atoms. The van der Waals surface area contributed by atoms with Crippen molar-refractivity contribution >= 4 is 47.2 Å². The number of carbonyl (C=O) groups is 1. The zero-order valence-corrected chi connectivity index (χ0v) is 17.0. The molecule has 2 heterocycles. The van der Waals surface area contributed by atoms with E-state index in [4.69, 9.17) is 4.74 Å². The van der Waals surface area contributed by atoms with Crippen LogP contribution in [0.4, 0.5) is 0 Å². The number of nitrogens with zero attached hydrogens (tertiary/aromatic N) is 3. The van der Waals surface area contributed by atoms with Gasteiger partial charge in [0.15, 0.2) is 5.96 Å². The van der Waals surface area contributed by atoms with Gasteiger partial charge >= 0.3 is 5.97 Å². The molecular weight excluding hydrogens is 427 g/mol. The van der Waals surface area contributed by atoms with Crippen LogP contribution < -0.4 is 5.32 Å². The summed E-state index contributed by atoms with van der Waals surface area (Å²) in [6, 6.07) is 0. The fraction of sp³-hybridized carbons (Fsp3) is 0.667. The van der Waals surface area contributed by atoms with Crippen molar-refractivity contribution in [3.63, 3.8) is 0 Å². The zero-order valence-electron chi connectivity index (χ0n) is 13.9. The van der Waals surface area contributed by atoms with Gasteiger partial charge in [-0.1, -0.05) is 6.92 Å². The summed E-state index contributed by atoms with van der Waals surface area (Å²) in [5.74, 6) is 0.791. The number of guanidine groups is 1. The number of thiazole rings is 1. The number of rotatable bonds is 4. The van der Waals surface area contributed by atoms with Crippen molar-refractivity contribution in [1.82, 2.24) is 15.2 Å². The summed E-state index contributed by atoms with van der Waals surface area (Å²) in [5.41, 5.74) is 0. The number of aromatic nitrogens is 1. The first-order chi connectivity index (χ1) is 10.7. The molecule has 0 amide bonds. The van der Waals surface area contributed by atoms with E-state index in [0.717, 1.165) is 43.3 Å². The third-order valence-corrected chi connectivity index (χ3v) is 5.03. The molecule has 6 nitrogen and oxygen atoms in total. The van der Waals surface area contributed by atoms with Crippen LogP contribution in [0, 0.1) is 5.92 Å². The lowest BCUT2D eigenvalue weighted by Gasteiger charge is -2.33. The Morgan fingerprint density at radius 3 is 2.74 bits per heavy atom. The quantitative estimate of drug-likeness (QED) is 0.329. The Kier molecular flexibility index (Phi) is 8.82. The average molecular weight is 452 g/mol. The highest BCUT2D eigenvalue weighted by Gasteiger charge is 2.26. The standard InChI is InChI=1S/C15H24N4O2S.HI/c1-4-12-9-17-13(22-12)10-18-15(16-2)19-7-5-11(6-8-19)14(20)21-3;/h9,11H,4-8,10H2,1-3H3,(H,16,18);1H. The summed E-state index contributed by atoms with van der Waals surface area (Å²) in [6.07, 6.45) is 4.58. The molecule has 0 bridgehead atoms. The summed E-state index contributed by atoms with van der Waals surface area (Å²) in [4.78, 5) is 23.8. The molecule has 1 aliphatic rings. The van der Waals surface area contributed by atoms with E-state index in [9.17, 15) is 4.79 Å². The Bertz CT molecular complexity index is 527. The molecule has 2 rings (SSSR count). The van der Waals surface area contributed by atoms with Gasteiger partial charge in [-0.15, -0.1) is 35.3 Å². The predicted octanol–water partition coefficient (Wildman–Crippen LogP) is 2.28. The van der Waals surface area contributed by atoms with Gasteiger partial charge in [0.25, 0.3) is 0 Å². The van der Waals surface area contributed by atoms with Crippen LogP contribution in [-0.2, 0) is 22.5 Å². The third-order valence-electron chi connectivity index (χ3n) is 3.89. The largest absolute Gasteiger partial charge is 0.469 e. The van der Waals surface area contributed by atoms with Crippen molar-refractivity contribution in [2.75, 3.05) is 27.2 Å². The molecule has 1 N–H and O–H groups in total. The van der Waals surface area contributed by atoms with Crippen LogP contribution in [0.15, 0.2) is 11.2 Å². The summed E-state index contributed by atoms with van der Waals surface area (Å²) >= 11 is 1.73. The van der Waals surface area contributed by atoms with E-state index in [1.54, 1.807) is 18.4 Å². The zero-order chi connectivity index (χ0) is 15.9. The summed E-state index contributed by atoms with van der Waals surface area (Å²) in [6.45, 7) is 4.46. The SMILES string of the molecule is CCc1cnc(CNC(=NC)N2CCC(C(=O)OC)CC2)s1.I. The number of aliphatic imine (C=N–C) groups is 1. The number of carbonyl (C=O) groups excluding carboxylic acids is 1. The lowest BCUT2D eigenvalue weighted by atomic mass is 9.97. The maximum Gasteiger partial charge on any atom is 0.308 e. The minimum absolute atomic E-state index is 0. The van der Waals surface area contributed by atoms with E-state index in [2.05, 4.69) is 27.1 Å². The molecule has 0 radical (unpaired) electrons. The van der Waals surface area contributed by atoms with Crippen molar-refractivity contribution in [3.05, 3.63) is 16.1 Å². The van der Waals surface area contributed by atoms with E-state index in [-0.39, 0.29) is 35.9 Å². The van der Waals surface area contributed by atoms with Gasteiger partial charge in [-0.05, 0) is 19.3 Å². The normalized spacial score (nSPS) is 16.0.